The number of benzene rings is 4. The van der Waals surface area contributed by atoms with Gasteiger partial charge in [-0.1, -0.05) is 84.1 Å². The number of thiophene rings is 1. The van der Waals surface area contributed by atoms with E-state index in [1.54, 1.807) is 11.8 Å². The van der Waals surface area contributed by atoms with Gasteiger partial charge in [0, 0.05) is 30.0 Å². The highest BCUT2D eigenvalue weighted by Gasteiger charge is 2.01. The van der Waals surface area contributed by atoms with E-state index in [1.165, 1.54) is 35.5 Å². The van der Waals surface area contributed by atoms with Crippen molar-refractivity contribution in [1.82, 2.24) is 0 Å². The molecule has 0 radical (unpaired) electrons. The van der Waals surface area contributed by atoms with Crippen molar-refractivity contribution in [1.29, 1.82) is 0 Å². The van der Waals surface area contributed by atoms with Gasteiger partial charge in [0.25, 0.3) is 0 Å². The molecule has 0 amide bonds. The van der Waals surface area contributed by atoms with E-state index in [2.05, 4.69) is 104 Å². The van der Waals surface area contributed by atoms with Gasteiger partial charge in [0.05, 0.1) is 0 Å². The van der Waals surface area contributed by atoms with Crippen molar-refractivity contribution in [2.45, 2.75) is 16.7 Å². The molecule has 0 fully saturated rings. The number of aryl methyl sites for hydroxylation is 1. The summed E-state index contributed by atoms with van der Waals surface area (Å²) in [5, 5.41) is 2.76. The van der Waals surface area contributed by atoms with E-state index in [1.807, 2.05) is 17.4 Å². The fourth-order valence-electron chi connectivity index (χ4n) is 2.91. The lowest BCUT2D eigenvalue weighted by molar-refractivity contribution is 1.36. The average molecular weight is 385 g/mol. The summed E-state index contributed by atoms with van der Waals surface area (Å²) in [6.45, 7) is 2.11. The zero-order chi connectivity index (χ0) is 18.5. The molecule has 0 saturated carbocycles. The molecule has 132 valence electrons. The molecule has 5 aromatic rings. The molecule has 0 nitrogen and oxygen atoms in total. The van der Waals surface area contributed by atoms with Crippen LogP contribution in [0.4, 0.5) is 0 Å². The molecule has 0 N–H and O–H groups in total. The third-order valence-corrected chi connectivity index (χ3v) is 6.45. The summed E-state index contributed by atoms with van der Waals surface area (Å²) in [4.78, 5) is 2.58. The minimum absolute atomic E-state index is 1.29. The molecule has 4 aromatic carbocycles. The van der Waals surface area contributed by atoms with Gasteiger partial charge in [-0.15, -0.1) is 11.3 Å². The highest BCUT2D eigenvalue weighted by atomic mass is 32.2. The Morgan fingerprint density at radius 3 is 1.59 bits per heavy atom. The van der Waals surface area contributed by atoms with Gasteiger partial charge in [0.1, 0.15) is 0 Å². The van der Waals surface area contributed by atoms with Crippen LogP contribution in [-0.2, 0) is 0 Å². The monoisotopic (exact) mass is 384 g/mol. The van der Waals surface area contributed by atoms with Gasteiger partial charge in [-0.25, -0.2) is 0 Å². The van der Waals surface area contributed by atoms with Crippen LogP contribution in [0.2, 0.25) is 0 Å². The van der Waals surface area contributed by atoms with Crippen LogP contribution < -0.4 is 0 Å². The summed E-state index contributed by atoms with van der Waals surface area (Å²) >= 11 is 3.66. The van der Waals surface area contributed by atoms with Crippen LogP contribution in [-0.4, -0.2) is 0 Å². The Balaban J connectivity index is 0.000000134. The van der Waals surface area contributed by atoms with E-state index in [-0.39, 0.29) is 0 Å². The van der Waals surface area contributed by atoms with E-state index < -0.39 is 0 Å². The molecular formula is C25H20S2. The van der Waals surface area contributed by atoms with Crippen LogP contribution in [0.1, 0.15) is 5.56 Å². The van der Waals surface area contributed by atoms with Gasteiger partial charge in [-0.05, 0) is 43.3 Å². The Bertz CT molecular complexity index is 1090. The summed E-state index contributed by atoms with van der Waals surface area (Å²) in [7, 11) is 0. The Morgan fingerprint density at radius 1 is 0.519 bits per heavy atom. The summed E-state index contributed by atoms with van der Waals surface area (Å²) in [5.74, 6) is 0. The first kappa shape index (κ1) is 17.8. The maximum atomic E-state index is 2.19. The largest absolute Gasteiger partial charge is 0.135 e. The molecule has 0 aliphatic carbocycles. The molecule has 0 unspecified atom stereocenters. The van der Waals surface area contributed by atoms with E-state index in [0.717, 1.165) is 0 Å². The second-order valence-corrected chi connectivity index (χ2v) is 8.55. The Hall–Kier alpha value is -2.55. The maximum Gasteiger partial charge on any atom is 0.0355 e. The van der Waals surface area contributed by atoms with E-state index in [4.69, 9.17) is 0 Å². The van der Waals surface area contributed by atoms with E-state index in [0.29, 0.717) is 0 Å². The fourth-order valence-corrected chi connectivity index (χ4v) is 4.85. The van der Waals surface area contributed by atoms with Crippen molar-refractivity contribution in [2.75, 3.05) is 0 Å². The normalized spacial score (nSPS) is 10.6. The fraction of sp³-hybridized carbons (Fsp3) is 0.0400. The summed E-state index contributed by atoms with van der Waals surface area (Å²) < 4.78 is 2.76. The van der Waals surface area contributed by atoms with Gasteiger partial charge in [-0.2, -0.15) is 0 Å². The topological polar surface area (TPSA) is 0 Å². The number of hydrogen-bond donors (Lipinski definition) is 0. The van der Waals surface area contributed by atoms with Gasteiger partial charge in [-0.3, -0.25) is 0 Å². The van der Waals surface area contributed by atoms with Crippen molar-refractivity contribution in [3.63, 3.8) is 0 Å². The molecule has 0 spiro atoms. The first-order valence-electron chi connectivity index (χ1n) is 8.95. The van der Waals surface area contributed by atoms with Gasteiger partial charge in [0.15, 0.2) is 0 Å². The van der Waals surface area contributed by atoms with Crippen molar-refractivity contribution in [2.24, 2.45) is 0 Å². The first-order valence-corrected chi connectivity index (χ1v) is 10.6. The van der Waals surface area contributed by atoms with Gasteiger partial charge >= 0.3 is 0 Å². The predicted molar refractivity (Wildman–Crippen MR) is 121 cm³/mol. The number of hydrogen-bond acceptors (Lipinski definition) is 2. The van der Waals surface area contributed by atoms with Crippen LogP contribution in [0.3, 0.4) is 0 Å². The SMILES string of the molecule is Cc1ccc(Sc2ccccc2)cc1.c1ccc2c(c1)sc1ccccc12. The Labute approximate surface area is 168 Å². The lowest BCUT2D eigenvalue weighted by Gasteiger charge is -2.01. The summed E-state index contributed by atoms with van der Waals surface area (Å²) in [6.07, 6.45) is 0. The Morgan fingerprint density at radius 2 is 1.00 bits per heavy atom. The number of fused-ring (bicyclic) bond motifs is 3. The molecule has 0 atom stereocenters. The maximum absolute atomic E-state index is 2.19. The molecule has 1 heterocycles. The van der Waals surface area contributed by atoms with Crippen molar-refractivity contribution < 1.29 is 0 Å². The smallest absolute Gasteiger partial charge is 0.0355 e. The van der Waals surface area contributed by atoms with Crippen LogP contribution in [0, 0.1) is 6.92 Å². The third-order valence-electron chi connectivity index (χ3n) is 4.28. The highest BCUT2D eigenvalue weighted by Crippen LogP contribution is 2.32. The predicted octanol–water partition coefficient (Wildman–Crippen LogP) is 8.20. The molecule has 0 aliphatic heterocycles. The van der Waals surface area contributed by atoms with Crippen molar-refractivity contribution in [3.8, 4) is 0 Å². The molecule has 0 aliphatic rings. The quantitative estimate of drug-likeness (QED) is 0.295. The lowest BCUT2D eigenvalue weighted by Crippen LogP contribution is -1.74. The zero-order valence-corrected chi connectivity index (χ0v) is 16.8. The van der Waals surface area contributed by atoms with Crippen molar-refractivity contribution in [3.05, 3.63) is 109 Å². The minimum Gasteiger partial charge on any atom is -0.135 e. The molecule has 0 saturated heterocycles. The average Bonchev–Trinajstić information content (AvgIpc) is 3.10. The number of rotatable bonds is 2. The zero-order valence-electron chi connectivity index (χ0n) is 15.1. The van der Waals surface area contributed by atoms with E-state index >= 15 is 0 Å². The molecule has 0 bridgehead atoms. The highest BCUT2D eigenvalue weighted by molar-refractivity contribution is 7.99. The second-order valence-electron chi connectivity index (χ2n) is 6.32. The summed E-state index contributed by atoms with van der Waals surface area (Å²) in [5.41, 5.74) is 1.31. The van der Waals surface area contributed by atoms with E-state index in [9.17, 15) is 0 Å². The van der Waals surface area contributed by atoms with Crippen LogP contribution in [0.15, 0.2) is 113 Å². The standard InChI is InChI=1S/C13H12S.C12H8S/c1-11-7-9-13(10-8-11)14-12-5-3-2-4-6-12;1-3-7-11-9(5-1)10-6-2-4-8-12(10)13-11/h2-10H,1H3;1-8H. The molecule has 5 rings (SSSR count). The molecular weight excluding hydrogens is 364 g/mol. The molecule has 1 aromatic heterocycles. The molecule has 2 heteroatoms. The van der Waals surface area contributed by atoms with Gasteiger partial charge < -0.3 is 0 Å². The Kier molecular flexibility index (Phi) is 5.57. The third kappa shape index (κ3) is 4.41. The lowest BCUT2D eigenvalue weighted by atomic mass is 10.2. The van der Waals surface area contributed by atoms with Crippen molar-refractivity contribution >= 4 is 43.3 Å². The van der Waals surface area contributed by atoms with Crippen LogP contribution in [0.5, 0.6) is 0 Å². The van der Waals surface area contributed by atoms with Gasteiger partial charge in [0.2, 0.25) is 0 Å². The second kappa shape index (κ2) is 8.43. The minimum atomic E-state index is 1.29. The summed E-state index contributed by atoms with van der Waals surface area (Å²) in [6, 6.07) is 36.2. The molecule has 27 heavy (non-hydrogen) atoms. The van der Waals surface area contributed by atoms with Crippen LogP contribution in [0.25, 0.3) is 20.2 Å². The van der Waals surface area contributed by atoms with Crippen LogP contribution >= 0.6 is 23.1 Å². The first-order chi connectivity index (χ1) is 13.3.